The molecule has 1 aliphatic rings. The molecule has 110 valence electrons. The lowest BCUT2D eigenvalue weighted by Crippen LogP contribution is -2.41. The Balaban J connectivity index is 1.88. The minimum Gasteiger partial charge on any atom is -0.335 e. The van der Waals surface area contributed by atoms with Crippen molar-refractivity contribution < 1.29 is 9.00 Å². The van der Waals surface area contributed by atoms with Gasteiger partial charge >= 0.3 is 6.03 Å². The average Bonchev–Trinajstić information content (AvgIpc) is 2.41. The maximum atomic E-state index is 11.9. The van der Waals surface area contributed by atoms with Crippen LogP contribution in [0.15, 0.2) is 24.3 Å². The van der Waals surface area contributed by atoms with E-state index in [1.807, 2.05) is 31.2 Å². The number of benzene rings is 1. The summed E-state index contributed by atoms with van der Waals surface area (Å²) in [6.45, 7) is 1.90. The third-order valence-corrected chi connectivity index (χ3v) is 4.78. The molecule has 1 aromatic rings. The van der Waals surface area contributed by atoms with Crippen LogP contribution in [0.2, 0.25) is 0 Å². The Morgan fingerprint density at radius 2 is 2.10 bits per heavy atom. The number of rotatable bonds is 3. The minimum absolute atomic E-state index is 0.0619. The predicted octanol–water partition coefficient (Wildman–Crippen LogP) is 1.74. The summed E-state index contributed by atoms with van der Waals surface area (Å²) in [6, 6.07) is 7.35. The van der Waals surface area contributed by atoms with Crippen LogP contribution in [0.5, 0.6) is 0 Å². The molecule has 1 heterocycles. The van der Waals surface area contributed by atoms with E-state index < -0.39 is 10.8 Å². The van der Waals surface area contributed by atoms with Gasteiger partial charge < -0.3 is 16.4 Å². The molecule has 1 atom stereocenters. The summed E-state index contributed by atoms with van der Waals surface area (Å²) in [6.07, 6.45) is 1.56. The van der Waals surface area contributed by atoms with Gasteiger partial charge in [-0.15, -0.1) is 0 Å². The zero-order valence-corrected chi connectivity index (χ0v) is 12.4. The molecule has 0 aliphatic carbocycles. The Labute approximate surface area is 121 Å². The van der Waals surface area contributed by atoms with Crippen molar-refractivity contribution in [1.82, 2.24) is 5.32 Å². The fraction of sp³-hybridized carbons (Fsp3) is 0.500. The Kier molecular flexibility index (Phi) is 5.14. The van der Waals surface area contributed by atoms with E-state index in [1.165, 1.54) is 0 Å². The van der Waals surface area contributed by atoms with Gasteiger partial charge in [0.2, 0.25) is 0 Å². The number of urea groups is 1. The quantitative estimate of drug-likeness (QED) is 0.794. The van der Waals surface area contributed by atoms with Crippen molar-refractivity contribution in [2.75, 3.05) is 16.8 Å². The molecule has 0 spiro atoms. The monoisotopic (exact) mass is 295 g/mol. The van der Waals surface area contributed by atoms with Gasteiger partial charge in [0.05, 0.1) is 0 Å². The molecule has 2 rings (SSSR count). The van der Waals surface area contributed by atoms with Gasteiger partial charge in [-0.1, -0.05) is 12.1 Å². The molecule has 6 heteroatoms. The summed E-state index contributed by atoms with van der Waals surface area (Å²) in [5.41, 5.74) is 7.53. The second-order valence-corrected chi connectivity index (χ2v) is 6.83. The van der Waals surface area contributed by atoms with E-state index in [9.17, 15) is 9.00 Å². The van der Waals surface area contributed by atoms with Crippen LogP contribution in [0.3, 0.4) is 0 Å². The van der Waals surface area contributed by atoms with Crippen molar-refractivity contribution in [3.63, 3.8) is 0 Å². The van der Waals surface area contributed by atoms with Crippen molar-refractivity contribution in [1.29, 1.82) is 0 Å². The summed E-state index contributed by atoms with van der Waals surface area (Å²) in [5.74, 6) is 1.34. The standard InChI is InChI=1S/C14H21N3O2S/c1-10(15)11-3-2-4-13(9-11)17-14(18)16-12-5-7-20(19)8-6-12/h2-4,9-10,12H,5-8,15H2,1H3,(H2,16,17,18). The molecular weight excluding hydrogens is 274 g/mol. The first kappa shape index (κ1) is 15.0. The van der Waals surface area contributed by atoms with Gasteiger partial charge in [0, 0.05) is 40.1 Å². The predicted molar refractivity (Wildman–Crippen MR) is 82.1 cm³/mol. The highest BCUT2D eigenvalue weighted by atomic mass is 32.2. The van der Waals surface area contributed by atoms with Crippen molar-refractivity contribution in [3.05, 3.63) is 29.8 Å². The molecule has 1 aliphatic heterocycles. The first-order valence-electron chi connectivity index (χ1n) is 6.82. The molecule has 4 N–H and O–H groups in total. The van der Waals surface area contributed by atoms with E-state index in [2.05, 4.69) is 10.6 Å². The Morgan fingerprint density at radius 3 is 2.75 bits per heavy atom. The number of carbonyl (C=O) groups excluding carboxylic acids is 1. The second kappa shape index (κ2) is 6.85. The number of amides is 2. The van der Waals surface area contributed by atoms with Crippen molar-refractivity contribution in [2.24, 2.45) is 5.73 Å². The molecule has 1 saturated heterocycles. The number of hydrogen-bond acceptors (Lipinski definition) is 3. The highest BCUT2D eigenvalue weighted by molar-refractivity contribution is 7.85. The van der Waals surface area contributed by atoms with Crippen LogP contribution in [-0.4, -0.2) is 27.8 Å². The zero-order valence-electron chi connectivity index (χ0n) is 11.6. The largest absolute Gasteiger partial charge is 0.335 e. The van der Waals surface area contributed by atoms with Crippen LogP contribution in [-0.2, 0) is 10.8 Å². The van der Waals surface area contributed by atoms with Crippen LogP contribution < -0.4 is 16.4 Å². The number of hydrogen-bond donors (Lipinski definition) is 3. The van der Waals surface area contributed by atoms with Gasteiger partial charge in [0.25, 0.3) is 0 Å². The zero-order chi connectivity index (χ0) is 14.5. The molecule has 20 heavy (non-hydrogen) atoms. The molecule has 1 unspecified atom stereocenters. The first-order chi connectivity index (χ1) is 9.54. The van der Waals surface area contributed by atoms with Gasteiger partial charge in [-0.05, 0) is 37.5 Å². The number of carbonyl (C=O) groups is 1. The summed E-state index contributed by atoms with van der Waals surface area (Å²) in [7, 11) is -0.708. The van der Waals surface area contributed by atoms with Crippen molar-refractivity contribution in [3.8, 4) is 0 Å². The third-order valence-electron chi connectivity index (χ3n) is 3.39. The van der Waals surface area contributed by atoms with Crippen LogP contribution in [0.1, 0.15) is 31.4 Å². The Morgan fingerprint density at radius 1 is 1.40 bits per heavy atom. The van der Waals surface area contributed by atoms with Gasteiger partial charge in [0.1, 0.15) is 0 Å². The lowest BCUT2D eigenvalue weighted by Gasteiger charge is -2.22. The normalized spacial score (nSPS) is 23.9. The SMILES string of the molecule is CC(N)c1cccc(NC(=O)NC2CCS(=O)CC2)c1. The van der Waals surface area contributed by atoms with Crippen LogP contribution in [0.4, 0.5) is 10.5 Å². The topological polar surface area (TPSA) is 84.2 Å². The van der Waals surface area contributed by atoms with Gasteiger partial charge in [-0.2, -0.15) is 0 Å². The second-order valence-electron chi connectivity index (χ2n) is 5.13. The highest BCUT2D eigenvalue weighted by Crippen LogP contribution is 2.16. The van der Waals surface area contributed by atoms with E-state index in [1.54, 1.807) is 0 Å². The van der Waals surface area contributed by atoms with Gasteiger partial charge in [-0.25, -0.2) is 4.79 Å². The summed E-state index contributed by atoms with van der Waals surface area (Å²) in [4.78, 5) is 11.9. The number of nitrogens with one attached hydrogen (secondary N) is 2. The minimum atomic E-state index is -0.708. The van der Waals surface area contributed by atoms with E-state index >= 15 is 0 Å². The first-order valence-corrected chi connectivity index (χ1v) is 8.31. The Hall–Kier alpha value is -1.40. The van der Waals surface area contributed by atoms with Crippen molar-refractivity contribution >= 4 is 22.5 Å². The third kappa shape index (κ3) is 4.31. The lowest BCUT2D eigenvalue weighted by molar-refractivity contribution is 0.247. The number of anilines is 1. The fourth-order valence-corrected chi connectivity index (χ4v) is 3.49. The molecular formula is C14H21N3O2S. The Bertz CT molecular complexity index is 495. The summed E-state index contributed by atoms with van der Waals surface area (Å²) < 4.78 is 11.3. The van der Waals surface area contributed by atoms with E-state index in [0.717, 1.165) is 24.1 Å². The van der Waals surface area contributed by atoms with Gasteiger partial charge in [0.15, 0.2) is 0 Å². The molecule has 1 aromatic carbocycles. The molecule has 2 amide bonds. The van der Waals surface area contributed by atoms with Gasteiger partial charge in [-0.3, -0.25) is 4.21 Å². The van der Waals surface area contributed by atoms with E-state index in [-0.39, 0.29) is 18.1 Å². The maximum Gasteiger partial charge on any atom is 0.319 e. The molecule has 1 fully saturated rings. The van der Waals surface area contributed by atoms with E-state index in [0.29, 0.717) is 11.5 Å². The van der Waals surface area contributed by atoms with Crippen LogP contribution in [0, 0.1) is 0 Å². The maximum absolute atomic E-state index is 11.9. The highest BCUT2D eigenvalue weighted by Gasteiger charge is 2.19. The smallest absolute Gasteiger partial charge is 0.319 e. The summed E-state index contributed by atoms with van der Waals surface area (Å²) in [5, 5.41) is 5.74. The fourth-order valence-electron chi connectivity index (χ4n) is 2.19. The van der Waals surface area contributed by atoms with Crippen LogP contribution >= 0.6 is 0 Å². The molecule has 5 nitrogen and oxygen atoms in total. The number of nitrogens with two attached hydrogens (primary N) is 1. The lowest BCUT2D eigenvalue weighted by atomic mass is 10.1. The molecule has 0 saturated carbocycles. The van der Waals surface area contributed by atoms with E-state index in [4.69, 9.17) is 5.73 Å². The molecule has 0 radical (unpaired) electrons. The van der Waals surface area contributed by atoms with Crippen molar-refractivity contribution in [2.45, 2.75) is 31.8 Å². The molecule has 0 aromatic heterocycles. The molecule has 0 bridgehead atoms. The average molecular weight is 295 g/mol. The van der Waals surface area contributed by atoms with Crippen LogP contribution in [0.25, 0.3) is 0 Å². The summed E-state index contributed by atoms with van der Waals surface area (Å²) >= 11 is 0.